The number of carboxylic acids is 1. The van der Waals surface area contributed by atoms with Gasteiger partial charge in [0.1, 0.15) is 0 Å². The zero-order valence-corrected chi connectivity index (χ0v) is 8.71. The van der Waals surface area contributed by atoms with Crippen molar-refractivity contribution in [3.05, 3.63) is 35.7 Å². The lowest BCUT2D eigenvalue weighted by Gasteiger charge is -2.02. The van der Waals surface area contributed by atoms with E-state index >= 15 is 0 Å². The highest BCUT2D eigenvalue weighted by Crippen LogP contribution is 2.10. The Hall–Kier alpha value is -2.17. The Kier molecular flexibility index (Phi) is 4.20. The minimum atomic E-state index is -0.931. The van der Waals surface area contributed by atoms with Crippen LogP contribution in [0.5, 0.6) is 0 Å². The van der Waals surface area contributed by atoms with Crippen LogP contribution < -0.4 is 0 Å². The van der Waals surface area contributed by atoms with E-state index in [1.165, 1.54) is 37.7 Å². The molecule has 0 aromatic carbocycles. The van der Waals surface area contributed by atoms with E-state index in [0.717, 1.165) is 0 Å². The molecule has 0 fully saturated rings. The summed E-state index contributed by atoms with van der Waals surface area (Å²) in [5.41, 5.74) is 0.898. The van der Waals surface area contributed by atoms with Gasteiger partial charge in [0.15, 0.2) is 0 Å². The van der Waals surface area contributed by atoms with Gasteiger partial charge in [0, 0.05) is 18.0 Å². The fourth-order valence-electron chi connectivity index (χ4n) is 1.12. The number of aliphatic carboxylic acids is 1. The first-order chi connectivity index (χ1) is 7.65. The molecule has 16 heavy (non-hydrogen) atoms. The Labute approximate surface area is 92.4 Å². The lowest BCUT2D eigenvalue weighted by atomic mass is 10.1. The molecule has 1 rings (SSSR count). The summed E-state index contributed by atoms with van der Waals surface area (Å²) in [6.45, 7) is 0. The number of hydrogen-bond acceptors (Lipinski definition) is 4. The van der Waals surface area contributed by atoms with Crippen LogP contribution in [0.4, 0.5) is 0 Å². The van der Waals surface area contributed by atoms with Crippen molar-refractivity contribution >= 4 is 18.0 Å². The number of carbonyl (C=O) groups is 2. The van der Waals surface area contributed by atoms with Gasteiger partial charge in [-0.05, 0) is 6.07 Å². The lowest BCUT2D eigenvalue weighted by molar-refractivity contribution is -0.135. The van der Waals surface area contributed by atoms with Crippen LogP contribution in [-0.2, 0) is 9.53 Å². The average Bonchev–Trinajstić information content (AvgIpc) is 2.28. The van der Waals surface area contributed by atoms with E-state index in [4.69, 9.17) is 5.11 Å². The minimum absolute atomic E-state index is 0.102. The van der Waals surface area contributed by atoms with E-state index in [-0.39, 0.29) is 6.42 Å². The van der Waals surface area contributed by atoms with Gasteiger partial charge in [0.05, 0.1) is 19.1 Å². The van der Waals surface area contributed by atoms with Crippen LogP contribution in [0.25, 0.3) is 6.08 Å². The molecular weight excluding hydrogens is 210 g/mol. The fourth-order valence-corrected chi connectivity index (χ4v) is 1.12. The molecule has 0 aliphatic rings. The number of rotatable bonds is 4. The number of nitrogens with zero attached hydrogens (tertiary/aromatic N) is 1. The zero-order chi connectivity index (χ0) is 12.0. The molecule has 0 atom stereocenters. The van der Waals surface area contributed by atoms with Crippen LogP contribution in [-0.4, -0.2) is 29.1 Å². The topological polar surface area (TPSA) is 76.5 Å². The first-order valence-corrected chi connectivity index (χ1v) is 4.56. The third-order valence-corrected chi connectivity index (χ3v) is 1.85. The molecule has 0 aliphatic heterocycles. The predicted molar refractivity (Wildman–Crippen MR) is 56.9 cm³/mol. The van der Waals surface area contributed by atoms with Gasteiger partial charge in [0.2, 0.25) is 0 Å². The van der Waals surface area contributed by atoms with Crippen molar-refractivity contribution in [2.24, 2.45) is 0 Å². The molecule has 5 heteroatoms. The van der Waals surface area contributed by atoms with Crippen molar-refractivity contribution in [2.45, 2.75) is 6.42 Å². The van der Waals surface area contributed by atoms with Crippen LogP contribution in [0.1, 0.15) is 22.3 Å². The van der Waals surface area contributed by atoms with Gasteiger partial charge in [-0.25, -0.2) is 4.79 Å². The maximum atomic E-state index is 11.3. The predicted octanol–water partition coefficient (Wildman–Crippen LogP) is 1.36. The second-order valence-electron chi connectivity index (χ2n) is 2.95. The summed E-state index contributed by atoms with van der Waals surface area (Å²) in [6.07, 6.45) is 5.83. The minimum Gasteiger partial charge on any atom is -0.481 e. The Morgan fingerprint density at radius 3 is 2.94 bits per heavy atom. The number of hydrogen-bond donors (Lipinski definition) is 1. The highest BCUT2D eigenvalue weighted by Gasteiger charge is 2.08. The Morgan fingerprint density at radius 1 is 1.56 bits per heavy atom. The molecule has 1 heterocycles. The number of carbonyl (C=O) groups excluding carboxylic acids is 1. The zero-order valence-electron chi connectivity index (χ0n) is 8.71. The van der Waals surface area contributed by atoms with Crippen LogP contribution in [0, 0.1) is 0 Å². The molecule has 0 bridgehead atoms. The third kappa shape index (κ3) is 3.20. The summed E-state index contributed by atoms with van der Waals surface area (Å²) < 4.78 is 4.59. The number of methoxy groups -OCH3 is 1. The Morgan fingerprint density at radius 2 is 2.31 bits per heavy atom. The van der Waals surface area contributed by atoms with Crippen molar-refractivity contribution in [1.29, 1.82) is 0 Å². The van der Waals surface area contributed by atoms with Crippen molar-refractivity contribution in [3.8, 4) is 0 Å². The highest BCUT2D eigenvalue weighted by molar-refractivity contribution is 5.93. The van der Waals surface area contributed by atoms with Crippen LogP contribution in [0.15, 0.2) is 24.5 Å². The van der Waals surface area contributed by atoms with E-state index in [9.17, 15) is 9.59 Å². The van der Waals surface area contributed by atoms with Crippen molar-refractivity contribution < 1.29 is 19.4 Å². The molecule has 0 amide bonds. The summed E-state index contributed by atoms with van der Waals surface area (Å²) in [7, 11) is 1.29. The van der Waals surface area contributed by atoms with Crippen molar-refractivity contribution in [3.63, 3.8) is 0 Å². The number of ether oxygens (including phenoxy) is 1. The van der Waals surface area contributed by atoms with E-state index in [2.05, 4.69) is 9.72 Å². The average molecular weight is 221 g/mol. The molecule has 0 aliphatic carbocycles. The van der Waals surface area contributed by atoms with Crippen LogP contribution >= 0.6 is 0 Å². The molecule has 1 N–H and O–H groups in total. The molecule has 0 saturated heterocycles. The largest absolute Gasteiger partial charge is 0.481 e. The number of esters is 1. The van der Waals surface area contributed by atoms with Gasteiger partial charge in [-0.2, -0.15) is 0 Å². The second kappa shape index (κ2) is 5.65. The first-order valence-electron chi connectivity index (χ1n) is 4.56. The quantitative estimate of drug-likeness (QED) is 0.777. The summed E-state index contributed by atoms with van der Waals surface area (Å²) in [6, 6.07) is 1.52. The molecule has 0 saturated carbocycles. The number of aromatic nitrogens is 1. The molecule has 1 aromatic heterocycles. The highest BCUT2D eigenvalue weighted by atomic mass is 16.5. The monoisotopic (exact) mass is 221 g/mol. The molecule has 84 valence electrons. The maximum absolute atomic E-state index is 11.3. The molecule has 0 spiro atoms. The van der Waals surface area contributed by atoms with Gasteiger partial charge in [-0.15, -0.1) is 0 Å². The maximum Gasteiger partial charge on any atom is 0.338 e. The summed E-state index contributed by atoms with van der Waals surface area (Å²) in [4.78, 5) is 25.5. The first kappa shape index (κ1) is 11.9. The second-order valence-corrected chi connectivity index (χ2v) is 2.95. The van der Waals surface area contributed by atoms with E-state index in [1.54, 1.807) is 0 Å². The normalized spacial score (nSPS) is 10.3. The standard InChI is InChI=1S/C11H11NO4/c1-16-11(15)9-5-6-12-7-8(9)3-2-4-10(13)14/h2-3,5-7H,4H2,1H3,(H,13,14). The van der Waals surface area contributed by atoms with Gasteiger partial charge in [-0.1, -0.05) is 12.2 Å². The Balaban J connectivity index is 2.91. The summed E-state index contributed by atoms with van der Waals surface area (Å²) in [5.74, 6) is -1.41. The number of pyridine rings is 1. The van der Waals surface area contributed by atoms with Crippen molar-refractivity contribution in [1.82, 2.24) is 4.98 Å². The Bertz CT molecular complexity index is 426. The van der Waals surface area contributed by atoms with Crippen LogP contribution in [0.2, 0.25) is 0 Å². The van der Waals surface area contributed by atoms with Gasteiger partial charge < -0.3 is 9.84 Å². The van der Waals surface area contributed by atoms with Crippen molar-refractivity contribution in [2.75, 3.05) is 7.11 Å². The third-order valence-electron chi connectivity index (χ3n) is 1.85. The molecule has 1 aromatic rings. The fraction of sp³-hybridized carbons (Fsp3) is 0.182. The molecular formula is C11H11NO4. The number of carboxylic acid groups (broad SMARTS) is 1. The molecule has 0 radical (unpaired) electrons. The SMILES string of the molecule is COC(=O)c1ccncc1C=CCC(=O)O. The lowest BCUT2D eigenvalue weighted by Crippen LogP contribution is -2.03. The van der Waals surface area contributed by atoms with Crippen LogP contribution in [0.3, 0.4) is 0 Å². The van der Waals surface area contributed by atoms with E-state index < -0.39 is 11.9 Å². The smallest absolute Gasteiger partial charge is 0.338 e. The van der Waals surface area contributed by atoms with Gasteiger partial charge in [0.25, 0.3) is 0 Å². The summed E-state index contributed by atoms with van der Waals surface area (Å²) >= 11 is 0. The summed E-state index contributed by atoms with van der Waals surface area (Å²) in [5, 5.41) is 8.46. The molecule has 5 nitrogen and oxygen atoms in total. The molecule has 0 unspecified atom stereocenters. The van der Waals surface area contributed by atoms with Gasteiger partial charge in [-0.3, -0.25) is 9.78 Å². The van der Waals surface area contributed by atoms with Gasteiger partial charge >= 0.3 is 11.9 Å². The van der Waals surface area contributed by atoms with E-state index in [1.807, 2.05) is 0 Å². The van der Waals surface area contributed by atoms with E-state index in [0.29, 0.717) is 11.1 Å².